The number of H-pyrrole nitrogens is 1. The quantitative estimate of drug-likeness (QED) is 0.667. The van der Waals surface area contributed by atoms with E-state index in [0.29, 0.717) is 24.4 Å². The fraction of sp³-hybridized carbons (Fsp3) is 0.364. The van der Waals surface area contributed by atoms with Crippen molar-refractivity contribution >= 4 is 41.7 Å². The summed E-state index contributed by atoms with van der Waals surface area (Å²) < 4.78 is 25.6. The minimum absolute atomic E-state index is 0. The first-order valence-corrected chi connectivity index (χ1v) is 10.3. The normalized spacial score (nSPS) is 19.7. The number of hydrogen-bond donors (Lipinski definition) is 2. The smallest absolute Gasteiger partial charge is 0.410 e. The van der Waals surface area contributed by atoms with Gasteiger partial charge in [-0.25, -0.2) is 9.18 Å². The Morgan fingerprint density at radius 2 is 1.91 bits per heavy atom. The van der Waals surface area contributed by atoms with E-state index in [1.807, 2.05) is 12.3 Å². The number of ether oxygens (including phenoxy) is 2. The van der Waals surface area contributed by atoms with Crippen LogP contribution in [0.1, 0.15) is 22.4 Å². The van der Waals surface area contributed by atoms with Crippen molar-refractivity contribution in [3.63, 3.8) is 0 Å². The SMILES string of the molecule is Cl.O=C1Nc2ccc(CN3CCOC3=O)c(F)c2C1=Cc1cc(CN2CCOCC2)c[nH]1. The van der Waals surface area contributed by atoms with E-state index in [2.05, 4.69) is 15.2 Å². The number of morpholine rings is 1. The molecule has 2 aromatic rings. The molecule has 0 radical (unpaired) electrons. The molecule has 3 aliphatic rings. The molecule has 0 bridgehead atoms. The van der Waals surface area contributed by atoms with Gasteiger partial charge in [-0.05, 0) is 23.8 Å². The summed E-state index contributed by atoms with van der Waals surface area (Å²) in [7, 11) is 0. The Bertz CT molecular complexity index is 1060. The van der Waals surface area contributed by atoms with Gasteiger partial charge in [-0.2, -0.15) is 0 Å². The number of halogens is 2. The lowest BCUT2D eigenvalue weighted by atomic mass is 10.0. The van der Waals surface area contributed by atoms with Crippen LogP contribution in [0.4, 0.5) is 14.9 Å². The van der Waals surface area contributed by atoms with E-state index >= 15 is 4.39 Å². The van der Waals surface area contributed by atoms with Crippen LogP contribution in [-0.4, -0.2) is 66.2 Å². The molecule has 1 aromatic heterocycles. The first-order valence-electron chi connectivity index (χ1n) is 10.3. The third kappa shape index (κ3) is 4.36. The van der Waals surface area contributed by atoms with Gasteiger partial charge in [0.15, 0.2) is 0 Å². The third-order valence-corrected chi connectivity index (χ3v) is 5.77. The highest BCUT2D eigenvalue weighted by Crippen LogP contribution is 2.37. The van der Waals surface area contributed by atoms with Gasteiger partial charge in [0.2, 0.25) is 0 Å². The number of nitrogens with zero attached hydrogens (tertiary/aromatic N) is 2. The number of carbonyl (C=O) groups excluding carboxylic acids is 2. The summed E-state index contributed by atoms with van der Waals surface area (Å²) in [6.07, 6.45) is 3.12. The number of cyclic esters (lactones) is 1. The molecule has 4 heterocycles. The number of carbonyl (C=O) groups is 2. The molecule has 0 atom stereocenters. The maximum atomic E-state index is 15.4. The summed E-state index contributed by atoms with van der Waals surface area (Å²) in [6, 6.07) is 5.24. The Balaban J connectivity index is 0.00000245. The summed E-state index contributed by atoms with van der Waals surface area (Å²) in [5.74, 6) is -0.849. The van der Waals surface area contributed by atoms with Crippen molar-refractivity contribution in [3.8, 4) is 0 Å². The van der Waals surface area contributed by atoms with E-state index in [-0.39, 0.29) is 36.0 Å². The van der Waals surface area contributed by atoms with Gasteiger partial charge in [0.05, 0.1) is 37.6 Å². The number of hydrogen-bond acceptors (Lipinski definition) is 5. The predicted octanol–water partition coefficient (Wildman–Crippen LogP) is 2.85. The zero-order valence-electron chi connectivity index (χ0n) is 17.4. The van der Waals surface area contributed by atoms with Gasteiger partial charge in [0.1, 0.15) is 12.4 Å². The number of aromatic amines is 1. The van der Waals surface area contributed by atoms with Gasteiger partial charge in [0.25, 0.3) is 5.91 Å². The van der Waals surface area contributed by atoms with E-state index < -0.39 is 11.9 Å². The Hall–Kier alpha value is -2.88. The predicted molar refractivity (Wildman–Crippen MR) is 119 cm³/mol. The summed E-state index contributed by atoms with van der Waals surface area (Å²) in [5, 5.41) is 2.72. The molecule has 0 spiro atoms. The molecular weight excluding hydrogens is 439 g/mol. The van der Waals surface area contributed by atoms with Gasteiger partial charge in [-0.1, -0.05) is 6.07 Å². The molecule has 8 nitrogen and oxygen atoms in total. The van der Waals surface area contributed by atoms with E-state index in [9.17, 15) is 9.59 Å². The van der Waals surface area contributed by atoms with Crippen molar-refractivity contribution in [2.24, 2.45) is 0 Å². The molecule has 2 saturated heterocycles. The van der Waals surface area contributed by atoms with Gasteiger partial charge in [0, 0.05) is 42.7 Å². The maximum Gasteiger partial charge on any atom is 0.410 e. The van der Waals surface area contributed by atoms with Crippen molar-refractivity contribution in [3.05, 3.63) is 52.6 Å². The Morgan fingerprint density at radius 3 is 2.66 bits per heavy atom. The topological polar surface area (TPSA) is 86.9 Å². The van der Waals surface area contributed by atoms with Crippen molar-refractivity contribution in [2.45, 2.75) is 13.1 Å². The number of nitrogens with one attached hydrogen (secondary N) is 2. The molecular formula is C22H24ClFN4O4. The fourth-order valence-electron chi connectivity index (χ4n) is 4.13. The van der Waals surface area contributed by atoms with E-state index in [0.717, 1.165) is 44.1 Å². The van der Waals surface area contributed by atoms with Crippen molar-refractivity contribution < 1.29 is 23.5 Å². The van der Waals surface area contributed by atoms with E-state index in [1.54, 1.807) is 18.2 Å². The number of anilines is 1. The fourth-order valence-corrected chi connectivity index (χ4v) is 4.13. The molecule has 10 heteroatoms. The number of fused-ring (bicyclic) bond motifs is 1. The zero-order chi connectivity index (χ0) is 21.4. The second-order valence-electron chi connectivity index (χ2n) is 7.86. The first kappa shape index (κ1) is 22.3. The molecule has 0 aliphatic carbocycles. The van der Waals surface area contributed by atoms with Crippen molar-refractivity contribution in [2.75, 3.05) is 44.8 Å². The monoisotopic (exact) mass is 462 g/mol. The molecule has 170 valence electrons. The number of aromatic nitrogens is 1. The van der Waals surface area contributed by atoms with Crippen molar-refractivity contribution in [1.29, 1.82) is 0 Å². The van der Waals surface area contributed by atoms with E-state index in [4.69, 9.17) is 9.47 Å². The van der Waals surface area contributed by atoms with Crippen LogP contribution in [0.5, 0.6) is 0 Å². The van der Waals surface area contributed by atoms with Crippen LogP contribution in [0.15, 0.2) is 24.4 Å². The molecule has 5 rings (SSSR count). The zero-order valence-corrected chi connectivity index (χ0v) is 18.2. The van der Waals surface area contributed by atoms with Gasteiger partial charge in [-0.3, -0.25) is 9.69 Å². The second kappa shape index (κ2) is 9.32. The molecule has 1 aromatic carbocycles. The second-order valence-corrected chi connectivity index (χ2v) is 7.86. The lowest BCUT2D eigenvalue weighted by molar-refractivity contribution is -0.110. The van der Waals surface area contributed by atoms with Crippen LogP contribution < -0.4 is 5.32 Å². The lowest BCUT2D eigenvalue weighted by Crippen LogP contribution is -2.35. The highest BCUT2D eigenvalue weighted by molar-refractivity contribution is 6.35. The minimum atomic E-state index is -0.498. The van der Waals surface area contributed by atoms with Crippen LogP contribution >= 0.6 is 12.4 Å². The lowest BCUT2D eigenvalue weighted by Gasteiger charge is -2.25. The molecule has 32 heavy (non-hydrogen) atoms. The summed E-state index contributed by atoms with van der Waals surface area (Å²) in [5.41, 5.74) is 3.10. The molecule has 0 saturated carbocycles. The van der Waals surface area contributed by atoms with Gasteiger partial charge < -0.3 is 24.7 Å². The molecule has 0 unspecified atom stereocenters. The van der Waals surface area contributed by atoms with Crippen LogP contribution in [0, 0.1) is 5.82 Å². The van der Waals surface area contributed by atoms with Crippen LogP contribution in [0.25, 0.3) is 11.6 Å². The molecule has 2 fully saturated rings. The molecule has 2 amide bonds. The van der Waals surface area contributed by atoms with E-state index in [1.165, 1.54) is 4.90 Å². The minimum Gasteiger partial charge on any atom is -0.448 e. The summed E-state index contributed by atoms with van der Waals surface area (Å²) in [4.78, 5) is 31.2. The van der Waals surface area contributed by atoms with Gasteiger partial charge in [-0.15, -0.1) is 12.4 Å². The maximum absolute atomic E-state index is 15.4. The first-order chi connectivity index (χ1) is 15.1. The standard InChI is InChI=1S/C22H23FN4O4.ClH/c23-20-15(13-27-5-8-31-22(27)29)1-2-18-19(20)17(21(28)25-18)10-16-9-14(11-24-16)12-26-3-6-30-7-4-26;/h1-2,9-11,24H,3-8,12-13H2,(H,25,28);1H. The summed E-state index contributed by atoms with van der Waals surface area (Å²) in [6.45, 7) is 4.84. The average Bonchev–Trinajstić information content (AvgIpc) is 3.46. The number of amides is 2. The molecule has 2 N–H and O–H groups in total. The molecule has 3 aliphatic heterocycles. The largest absolute Gasteiger partial charge is 0.448 e. The van der Waals surface area contributed by atoms with Crippen LogP contribution in [0.3, 0.4) is 0 Å². The highest BCUT2D eigenvalue weighted by Gasteiger charge is 2.31. The highest BCUT2D eigenvalue weighted by atomic mass is 35.5. The third-order valence-electron chi connectivity index (χ3n) is 5.77. The van der Waals surface area contributed by atoms with Crippen LogP contribution in [0.2, 0.25) is 0 Å². The number of benzene rings is 1. The Kier molecular flexibility index (Phi) is 6.50. The summed E-state index contributed by atoms with van der Waals surface area (Å²) >= 11 is 0. The average molecular weight is 463 g/mol. The van der Waals surface area contributed by atoms with Crippen molar-refractivity contribution in [1.82, 2.24) is 14.8 Å². The van der Waals surface area contributed by atoms with Crippen LogP contribution in [-0.2, 0) is 27.4 Å². The Labute approximate surface area is 190 Å². The number of rotatable bonds is 5. The van der Waals surface area contributed by atoms with Gasteiger partial charge >= 0.3 is 6.09 Å². The Morgan fingerprint density at radius 1 is 1.09 bits per heavy atom.